The Bertz CT molecular complexity index is 646. The zero-order valence-electron chi connectivity index (χ0n) is 14.0. The number of ether oxygens (including phenoxy) is 2. The summed E-state index contributed by atoms with van der Waals surface area (Å²) in [6.45, 7) is 3.59. The molecule has 0 saturated heterocycles. The number of aromatic nitrogens is 1. The SMILES string of the molecule is COCCOc1cccc(NC(=O)NCCCc2nc(C)cs2)c1. The molecule has 0 saturated carbocycles. The molecule has 2 aromatic rings. The molecule has 0 aliphatic carbocycles. The fraction of sp³-hybridized carbons (Fsp3) is 0.412. The van der Waals surface area contributed by atoms with Crippen molar-refractivity contribution < 1.29 is 14.3 Å². The minimum Gasteiger partial charge on any atom is -0.491 e. The van der Waals surface area contributed by atoms with Gasteiger partial charge in [0.1, 0.15) is 12.4 Å². The maximum Gasteiger partial charge on any atom is 0.319 e. The second-order valence-corrected chi connectivity index (χ2v) is 6.18. The van der Waals surface area contributed by atoms with Crippen molar-refractivity contribution in [2.75, 3.05) is 32.2 Å². The van der Waals surface area contributed by atoms with Gasteiger partial charge in [-0.05, 0) is 25.5 Å². The quantitative estimate of drug-likeness (QED) is 0.682. The molecule has 2 rings (SSSR count). The largest absolute Gasteiger partial charge is 0.491 e. The summed E-state index contributed by atoms with van der Waals surface area (Å²) in [7, 11) is 1.63. The van der Waals surface area contributed by atoms with Crippen molar-refractivity contribution in [1.82, 2.24) is 10.3 Å². The first kappa shape index (κ1) is 18.2. The molecule has 0 unspecified atom stereocenters. The third kappa shape index (κ3) is 6.55. The van der Waals surface area contributed by atoms with Crippen LogP contribution in [-0.4, -0.2) is 37.9 Å². The molecule has 7 heteroatoms. The predicted molar refractivity (Wildman–Crippen MR) is 96.0 cm³/mol. The number of carbonyl (C=O) groups is 1. The molecule has 0 fully saturated rings. The molecule has 0 aliphatic rings. The molecule has 130 valence electrons. The topological polar surface area (TPSA) is 72.5 Å². The lowest BCUT2D eigenvalue weighted by molar-refractivity contribution is 0.146. The molecule has 2 amide bonds. The number of amides is 2. The van der Waals surface area contributed by atoms with E-state index < -0.39 is 0 Å². The molecule has 1 heterocycles. The number of hydrogen-bond donors (Lipinski definition) is 2. The number of aryl methyl sites for hydroxylation is 2. The van der Waals surface area contributed by atoms with Crippen LogP contribution < -0.4 is 15.4 Å². The van der Waals surface area contributed by atoms with Crippen LogP contribution in [-0.2, 0) is 11.2 Å². The summed E-state index contributed by atoms with van der Waals surface area (Å²) < 4.78 is 10.5. The average molecular weight is 349 g/mol. The summed E-state index contributed by atoms with van der Waals surface area (Å²) in [5, 5.41) is 8.79. The van der Waals surface area contributed by atoms with Crippen LogP contribution >= 0.6 is 11.3 Å². The maximum absolute atomic E-state index is 11.9. The minimum absolute atomic E-state index is 0.223. The number of nitrogens with zero attached hydrogens (tertiary/aromatic N) is 1. The highest BCUT2D eigenvalue weighted by Crippen LogP contribution is 2.17. The third-order valence-electron chi connectivity index (χ3n) is 3.17. The summed E-state index contributed by atoms with van der Waals surface area (Å²) >= 11 is 1.66. The molecule has 1 aromatic heterocycles. The van der Waals surface area contributed by atoms with E-state index in [4.69, 9.17) is 9.47 Å². The van der Waals surface area contributed by atoms with Crippen LogP contribution in [0.3, 0.4) is 0 Å². The van der Waals surface area contributed by atoms with Crippen LogP contribution in [0.4, 0.5) is 10.5 Å². The van der Waals surface area contributed by atoms with E-state index in [1.165, 1.54) is 0 Å². The number of carbonyl (C=O) groups excluding carboxylic acids is 1. The van der Waals surface area contributed by atoms with Crippen molar-refractivity contribution in [2.24, 2.45) is 0 Å². The first-order chi connectivity index (χ1) is 11.7. The molecule has 0 aliphatic heterocycles. The van der Waals surface area contributed by atoms with Gasteiger partial charge in [-0.2, -0.15) is 0 Å². The van der Waals surface area contributed by atoms with Gasteiger partial charge >= 0.3 is 6.03 Å². The molecule has 2 N–H and O–H groups in total. The van der Waals surface area contributed by atoms with Crippen molar-refractivity contribution >= 4 is 23.1 Å². The smallest absolute Gasteiger partial charge is 0.319 e. The fourth-order valence-electron chi connectivity index (χ4n) is 2.04. The number of nitrogens with one attached hydrogen (secondary N) is 2. The molecule has 0 bridgehead atoms. The van der Waals surface area contributed by atoms with Crippen LogP contribution in [0.5, 0.6) is 5.75 Å². The second kappa shape index (κ2) is 9.89. The molecular formula is C17H23N3O3S. The normalized spacial score (nSPS) is 10.4. The number of urea groups is 1. The molecule has 6 nitrogen and oxygen atoms in total. The Labute approximate surface area is 146 Å². The number of anilines is 1. The van der Waals surface area contributed by atoms with E-state index in [9.17, 15) is 4.79 Å². The summed E-state index contributed by atoms with van der Waals surface area (Å²) in [5.74, 6) is 0.698. The molecular weight excluding hydrogens is 326 g/mol. The zero-order chi connectivity index (χ0) is 17.2. The van der Waals surface area contributed by atoms with Crippen molar-refractivity contribution in [3.63, 3.8) is 0 Å². The lowest BCUT2D eigenvalue weighted by Crippen LogP contribution is -2.29. The number of hydrogen-bond acceptors (Lipinski definition) is 5. The van der Waals surface area contributed by atoms with Crippen LogP contribution in [0.25, 0.3) is 0 Å². The first-order valence-corrected chi connectivity index (χ1v) is 8.73. The van der Waals surface area contributed by atoms with Crippen LogP contribution in [0.15, 0.2) is 29.6 Å². The standard InChI is InChI=1S/C17H23N3O3S/c1-13-12-24-16(19-13)7-4-8-18-17(21)20-14-5-3-6-15(11-14)23-10-9-22-2/h3,5-6,11-12H,4,7-10H2,1-2H3,(H2,18,20,21). The van der Waals surface area contributed by atoms with Gasteiger partial charge in [-0.1, -0.05) is 6.07 Å². The van der Waals surface area contributed by atoms with Gasteiger partial charge in [0, 0.05) is 42.9 Å². The predicted octanol–water partition coefficient (Wildman–Crippen LogP) is 3.23. The van der Waals surface area contributed by atoms with E-state index in [0.717, 1.165) is 23.5 Å². The molecule has 0 radical (unpaired) electrons. The van der Waals surface area contributed by atoms with E-state index in [1.807, 2.05) is 30.5 Å². The summed E-state index contributed by atoms with van der Waals surface area (Å²) in [4.78, 5) is 16.3. The van der Waals surface area contributed by atoms with Crippen molar-refractivity contribution in [1.29, 1.82) is 0 Å². The van der Waals surface area contributed by atoms with Crippen LogP contribution in [0, 0.1) is 6.92 Å². The average Bonchev–Trinajstić information content (AvgIpc) is 2.98. The van der Waals surface area contributed by atoms with E-state index in [-0.39, 0.29) is 6.03 Å². The lowest BCUT2D eigenvalue weighted by atomic mass is 10.3. The highest BCUT2D eigenvalue weighted by Gasteiger charge is 2.04. The number of rotatable bonds is 9. The van der Waals surface area contributed by atoms with E-state index in [1.54, 1.807) is 24.5 Å². The molecule has 24 heavy (non-hydrogen) atoms. The van der Waals surface area contributed by atoms with E-state index in [2.05, 4.69) is 15.6 Å². The fourth-order valence-corrected chi connectivity index (χ4v) is 2.86. The zero-order valence-corrected chi connectivity index (χ0v) is 14.8. The van der Waals surface area contributed by atoms with Crippen LogP contribution in [0.2, 0.25) is 0 Å². The molecule has 0 atom stereocenters. The van der Waals surface area contributed by atoms with Gasteiger partial charge in [-0.25, -0.2) is 9.78 Å². The number of methoxy groups -OCH3 is 1. The Kier molecular flexibility index (Phi) is 7.51. The minimum atomic E-state index is -0.223. The van der Waals surface area contributed by atoms with Gasteiger partial charge in [-0.15, -0.1) is 11.3 Å². The molecule has 1 aromatic carbocycles. The molecule has 0 spiro atoms. The third-order valence-corrected chi connectivity index (χ3v) is 4.19. The van der Waals surface area contributed by atoms with E-state index >= 15 is 0 Å². The van der Waals surface area contributed by atoms with E-state index in [0.29, 0.717) is 31.2 Å². The number of thiazole rings is 1. The van der Waals surface area contributed by atoms with Gasteiger partial charge in [0.25, 0.3) is 0 Å². The summed E-state index contributed by atoms with van der Waals surface area (Å²) in [5.41, 5.74) is 1.74. The Morgan fingerprint density at radius 1 is 1.33 bits per heavy atom. The lowest BCUT2D eigenvalue weighted by Gasteiger charge is -2.10. The Morgan fingerprint density at radius 2 is 2.21 bits per heavy atom. The Morgan fingerprint density at radius 3 is 2.96 bits per heavy atom. The Hall–Kier alpha value is -2.12. The summed E-state index contributed by atoms with van der Waals surface area (Å²) in [6.07, 6.45) is 1.74. The maximum atomic E-state index is 11.9. The van der Waals surface area contributed by atoms with Gasteiger partial charge in [-0.3, -0.25) is 0 Å². The van der Waals surface area contributed by atoms with Gasteiger partial charge in [0.15, 0.2) is 0 Å². The highest BCUT2D eigenvalue weighted by atomic mass is 32.1. The summed E-state index contributed by atoms with van der Waals surface area (Å²) in [6, 6.07) is 7.06. The van der Waals surface area contributed by atoms with Crippen molar-refractivity contribution in [2.45, 2.75) is 19.8 Å². The first-order valence-electron chi connectivity index (χ1n) is 7.85. The number of benzene rings is 1. The highest BCUT2D eigenvalue weighted by molar-refractivity contribution is 7.09. The van der Waals surface area contributed by atoms with Crippen LogP contribution in [0.1, 0.15) is 17.1 Å². The van der Waals surface area contributed by atoms with Crippen molar-refractivity contribution in [3.8, 4) is 5.75 Å². The van der Waals surface area contributed by atoms with Gasteiger partial charge in [0.05, 0.1) is 11.6 Å². The monoisotopic (exact) mass is 349 g/mol. The van der Waals surface area contributed by atoms with Crippen molar-refractivity contribution in [3.05, 3.63) is 40.3 Å². The Balaban J connectivity index is 1.68. The van der Waals surface area contributed by atoms with Gasteiger partial charge in [0.2, 0.25) is 0 Å². The second-order valence-electron chi connectivity index (χ2n) is 5.24. The van der Waals surface area contributed by atoms with Gasteiger partial charge < -0.3 is 20.1 Å².